The fourth-order valence-electron chi connectivity index (χ4n) is 5.68. The molecule has 2 bridgehead atoms. The van der Waals surface area contributed by atoms with Crippen molar-refractivity contribution in [2.75, 3.05) is 4.31 Å². The Morgan fingerprint density at radius 1 is 1.26 bits per heavy atom. The van der Waals surface area contributed by atoms with Crippen LogP contribution in [0.25, 0.3) is 0 Å². The molecule has 0 aromatic heterocycles. The number of fused-ring (bicyclic) bond motifs is 5. The summed E-state index contributed by atoms with van der Waals surface area (Å²) in [7, 11) is -3.72. The molecule has 1 saturated heterocycles. The van der Waals surface area contributed by atoms with Gasteiger partial charge in [0.2, 0.25) is 10.0 Å². The van der Waals surface area contributed by atoms with E-state index in [1.807, 2.05) is 6.92 Å². The number of nitrogens with zero attached hydrogens (tertiary/aromatic N) is 2. The van der Waals surface area contributed by atoms with Crippen molar-refractivity contribution in [3.8, 4) is 6.07 Å². The Kier molecular flexibility index (Phi) is 4.22. The van der Waals surface area contributed by atoms with Gasteiger partial charge in [-0.1, -0.05) is 13.3 Å². The predicted octanol–water partition coefficient (Wildman–Crippen LogP) is 4.31. The third kappa shape index (κ3) is 2.65. The van der Waals surface area contributed by atoms with Crippen LogP contribution in [0.15, 0.2) is 18.2 Å². The van der Waals surface area contributed by atoms with Crippen LogP contribution in [-0.2, 0) is 16.2 Å². The molecule has 146 valence electrons. The lowest BCUT2D eigenvalue weighted by atomic mass is 9.81. The minimum absolute atomic E-state index is 0.00122. The van der Waals surface area contributed by atoms with Crippen LogP contribution in [0.2, 0.25) is 0 Å². The molecule has 0 N–H and O–H groups in total. The van der Waals surface area contributed by atoms with Crippen LogP contribution in [-0.4, -0.2) is 19.7 Å². The van der Waals surface area contributed by atoms with Crippen LogP contribution in [0.4, 0.5) is 18.9 Å². The smallest absolute Gasteiger partial charge is 0.267 e. The first-order valence-corrected chi connectivity index (χ1v) is 10.8. The second-order valence-corrected chi connectivity index (χ2v) is 9.88. The Hall–Kier alpha value is -1.75. The highest BCUT2D eigenvalue weighted by Crippen LogP contribution is 2.59. The molecule has 27 heavy (non-hydrogen) atoms. The highest BCUT2D eigenvalue weighted by Gasteiger charge is 2.63. The Morgan fingerprint density at radius 2 is 1.96 bits per heavy atom. The van der Waals surface area contributed by atoms with Gasteiger partial charge >= 0.3 is 6.18 Å². The van der Waals surface area contributed by atoms with E-state index < -0.39 is 32.6 Å². The van der Waals surface area contributed by atoms with E-state index in [-0.39, 0.29) is 23.6 Å². The summed E-state index contributed by atoms with van der Waals surface area (Å²) < 4.78 is 68.1. The van der Waals surface area contributed by atoms with Gasteiger partial charge in [-0.25, -0.2) is 8.42 Å². The summed E-state index contributed by atoms with van der Waals surface area (Å²) in [5.74, 6) is 0.463. The normalized spacial score (nSPS) is 33.9. The molecule has 5 atom stereocenters. The van der Waals surface area contributed by atoms with E-state index in [2.05, 4.69) is 0 Å². The van der Waals surface area contributed by atoms with Crippen LogP contribution < -0.4 is 4.31 Å². The maximum Gasteiger partial charge on any atom is 0.417 e. The van der Waals surface area contributed by atoms with Crippen molar-refractivity contribution in [2.45, 2.75) is 56.5 Å². The minimum Gasteiger partial charge on any atom is -0.267 e. The first-order chi connectivity index (χ1) is 12.7. The molecule has 0 amide bonds. The number of hydrogen-bond donors (Lipinski definition) is 0. The first-order valence-electron chi connectivity index (χ1n) is 9.34. The number of rotatable bonds is 3. The predicted molar refractivity (Wildman–Crippen MR) is 94.4 cm³/mol. The first kappa shape index (κ1) is 18.6. The van der Waals surface area contributed by atoms with Crippen molar-refractivity contribution in [2.24, 2.45) is 17.8 Å². The molecule has 8 heteroatoms. The van der Waals surface area contributed by atoms with Gasteiger partial charge in [0, 0.05) is 12.0 Å². The second kappa shape index (κ2) is 6.13. The van der Waals surface area contributed by atoms with E-state index in [9.17, 15) is 21.6 Å². The molecule has 1 heterocycles. The fourth-order valence-corrected chi connectivity index (χ4v) is 8.51. The van der Waals surface area contributed by atoms with E-state index in [1.165, 1.54) is 10.4 Å². The number of halogens is 3. The molecule has 2 saturated carbocycles. The maximum absolute atomic E-state index is 13.4. The minimum atomic E-state index is -4.71. The average Bonchev–Trinajstić information content (AvgIpc) is 3.26. The van der Waals surface area contributed by atoms with Gasteiger partial charge < -0.3 is 0 Å². The van der Waals surface area contributed by atoms with Gasteiger partial charge in [0.25, 0.3) is 0 Å². The van der Waals surface area contributed by atoms with Crippen molar-refractivity contribution in [1.82, 2.24) is 0 Å². The third-order valence-corrected chi connectivity index (χ3v) is 8.95. The Morgan fingerprint density at radius 3 is 2.59 bits per heavy atom. The standard InChI is InChI=1S/C19H21F3N2O2S/c1-2-3-16-17-11-4-5-12(8-11)18(17)27(25,26)24(16)14-7-6-13(10-23)15(9-14)19(20,21)22/h6-7,9,11-12,16-18H,2-5,8H2,1H3/t11-,12+,16+,17+,18+/m0/s1. The lowest BCUT2D eigenvalue weighted by Gasteiger charge is -2.30. The molecule has 0 unspecified atom stereocenters. The second-order valence-electron chi connectivity index (χ2n) is 7.91. The molecule has 1 aromatic rings. The van der Waals surface area contributed by atoms with E-state index in [0.717, 1.165) is 37.8 Å². The lowest BCUT2D eigenvalue weighted by Crippen LogP contribution is -2.37. The zero-order valence-electron chi connectivity index (χ0n) is 14.9. The molecule has 3 fully saturated rings. The Labute approximate surface area is 157 Å². The molecule has 2 aliphatic carbocycles. The molecule has 1 aromatic carbocycles. The molecule has 4 rings (SSSR count). The molecule has 0 radical (unpaired) electrons. The number of alkyl halides is 3. The number of hydrogen-bond acceptors (Lipinski definition) is 3. The van der Waals surface area contributed by atoms with E-state index in [1.54, 1.807) is 6.07 Å². The molecule has 0 spiro atoms. The van der Waals surface area contributed by atoms with Gasteiger partial charge in [0.1, 0.15) is 0 Å². The molecule has 3 aliphatic rings. The third-order valence-electron chi connectivity index (χ3n) is 6.53. The van der Waals surface area contributed by atoms with Crippen LogP contribution in [0.1, 0.15) is 50.2 Å². The van der Waals surface area contributed by atoms with Crippen LogP contribution in [0.3, 0.4) is 0 Å². The summed E-state index contributed by atoms with van der Waals surface area (Å²) in [5.41, 5.74) is -1.53. The van der Waals surface area contributed by atoms with E-state index in [0.29, 0.717) is 12.3 Å². The van der Waals surface area contributed by atoms with Crippen LogP contribution in [0, 0.1) is 29.1 Å². The van der Waals surface area contributed by atoms with Crippen LogP contribution >= 0.6 is 0 Å². The summed E-state index contributed by atoms with van der Waals surface area (Å²) in [4.78, 5) is 0. The van der Waals surface area contributed by atoms with Gasteiger partial charge in [-0.3, -0.25) is 4.31 Å². The Bertz CT molecular complexity index is 907. The van der Waals surface area contributed by atoms with Crippen molar-refractivity contribution in [3.05, 3.63) is 29.3 Å². The summed E-state index contributed by atoms with van der Waals surface area (Å²) in [6.07, 6.45) is -0.496. The molecular formula is C19H21F3N2O2S. The molecular weight excluding hydrogens is 377 g/mol. The zero-order valence-corrected chi connectivity index (χ0v) is 15.7. The van der Waals surface area contributed by atoms with Gasteiger partial charge in [-0.2, -0.15) is 18.4 Å². The molecule has 1 aliphatic heterocycles. The average molecular weight is 398 g/mol. The lowest BCUT2D eigenvalue weighted by molar-refractivity contribution is -0.137. The van der Waals surface area contributed by atoms with Crippen molar-refractivity contribution >= 4 is 15.7 Å². The zero-order chi connectivity index (χ0) is 19.6. The number of sulfonamides is 1. The van der Waals surface area contributed by atoms with Crippen molar-refractivity contribution in [3.63, 3.8) is 0 Å². The van der Waals surface area contributed by atoms with Gasteiger partial charge in [-0.05, 0) is 55.7 Å². The summed E-state index contributed by atoms with van der Waals surface area (Å²) in [6.45, 7) is 1.96. The van der Waals surface area contributed by atoms with Gasteiger partial charge in [0.05, 0.1) is 28.1 Å². The summed E-state index contributed by atoms with van der Waals surface area (Å²) >= 11 is 0. The summed E-state index contributed by atoms with van der Waals surface area (Å²) in [6, 6.07) is 4.52. The summed E-state index contributed by atoms with van der Waals surface area (Å²) in [5, 5.41) is 8.53. The largest absolute Gasteiger partial charge is 0.417 e. The van der Waals surface area contributed by atoms with E-state index in [4.69, 9.17) is 5.26 Å². The quantitative estimate of drug-likeness (QED) is 0.762. The van der Waals surface area contributed by atoms with E-state index >= 15 is 0 Å². The van der Waals surface area contributed by atoms with Crippen molar-refractivity contribution < 1.29 is 21.6 Å². The number of nitriles is 1. The Balaban J connectivity index is 1.84. The monoisotopic (exact) mass is 398 g/mol. The SMILES string of the molecule is CCC[C@@H]1[C@H]2[C@H]3CC[C@H](C3)[C@H]2S(=O)(=O)N1c1ccc(C#N)c(C(F)(F)F)c1. The van der Waals surface area contributed by atoms with Gasteiger partial charge in [0.15, 0.2) is 0 Å². The fraction of sp³-hybridized carbons (Fsp3) is 0.632. The number of anilines is 1. The highest BCUT2D eigenvalue weighted by atomic mass is 32.2. The topological polar surface area (TPSA) is 61.2 Å². The van der Waals surface area contributed by atoms with Gasteiger partial charge in [-0.15, -0.1) is 0 Å². The highest BCUT2D eigenvalue weighted by molar-refractivity contribution is 7.93. The number of benzene rings is 1. The molecule has 4 nitrogen and oxygen atoms in total. The van der Waals surface area contributed by atoms with Crippen LogP contribution in [0.5, 0.6) is 0 Å². The van der Waals surface area contributed by atoms with Crippen molar-refractivity contribution in [1.29, 1.82) is 5.26 Å². The maximum atomic E-state index is 13.4.